The monoisotopic (exact) mass is 444 g/mol. The number of carbonyl (C=O) groups excluding carboxylic acids is 1. The van der Waals surface area contributed by atoms with Crippen LogP contribution in [0, 0.1) is 6.92 Å². The Balaban J connectivity index is 1.86. The van der Waals surface area contributed by atoms with Crippen LogP contribution in [-0.2, 0) is 0 Å². The third-order valence-electron chi connectivity index (χ3n) is 4.62. The second-order valence-corrected chi connectivity index (χ2v) is 7.23. The van der Waals surface area contributed by atoms with Crippen molar-refractivity contribution in [2.75, 3.05) is 23.8 Å². The molecule has 0 spiro atoms. The molecule has 0 fully saturated rings. The van der Waals surface area contributed by atoms with Crippen molar-refractivity contribution in [2.45, 2.75) is 26.6 Å². The van der Waals surface area contributed by atoms with E-state index < -0.39 is 12.3 Å². The minimum atomic E-state index is -4.77. The molecule has 2 heterocycles. The Morgan fingerprint density at radius 3 is 2.41 bits per heavy atom. The first kappa shape index (κ1) is 23.1. The van der Waals surface area contributed by atoms with Gasteiger partial charge in [-0.3, -0.25) is 9.78 Å². The first-order chi connectivity index (χ1) is 15.2. The van der Waals surface area contributed by atoms with Crippen LogP contribution < -0.4 is 15.0 Å². The lowest BCUT2D eigenvalue weighted by atomic mass is 10.0. The van der Waals surface area contributed by atoms with Crippen molar-refractivity contribution in [2.24, 2.45) is 0 Å². The van der Waals surface area contributed by atoms with E-state index in [9.17, 15) is 18.0 Å². The molecule has 3 aromatic rings. The number of nitrogens with one attached hydrogen (secondary N) is 1. The summed E-state index contributed by atoms with van der Waals surface area (Å²) >= 11 is 0. The number of halogens is 3. The molecule has 0 aliphatic rings. The van der Waals surface area contributed by atoms with Gasteiger partial charge in [0.1, 0.15) is 11.6 Å². The molecule has 9 heteroatoms. The lowest BCUT2D eigenvalue weighted by Crippen LogP contribution is -2.21. The number of nitrogens with zero attached hydrogens (tertiary/aromatic N) is 3. The summed E-state index contributed by atoms with van der Waals surface area (Å²) in [6.07, 6.45) is -0.635. The Morgan fingerprint density at radius 2 is 1.81 bits per heavy atom. The highest BCUT2D eigenvalue weighted by molar-refractivity contribution is 6.05. The molecule has 0 atom stereocenters. The fourth-order valence-corrected chi connectivity index (χ4v) is 3.11. The van der Waals surface area contributed by atoms with Crippen LogP contribution in [0.1, 0.15) is 29.4 Å². The topological polar surface area (TPSA) is 67.4 Å². The fraction of sp³-hybridized carbons (Fsp3) is 0.261. The summed E-state index contributed by atoms with van der Waals surface area (Å²) in [6, 6.07) is 10.5. The SMILES string of the molecule is CCCN(C)c1ncc(C(=O)Nc2ccc(OC(F)(F)F)cc2)cc1-c1ccc(C)nc1. The summed E-state index contributed by atoms with van der Waals surface area (Å²) < 4.78 is 40.8. The van der Waals surface area contributed by atoms with E-state index in [1.807, 2.05) is 31.0 Å². The molecular weight excluding hydrogens is 421 g/mol. The zero-order valence-corrected chi connectivity index (χ0v) is 17.9. The van der Waals surface area contributed by atoms with Crippen LogP contribution in [0.2, 0.25) is 0 Å². The molecule has 0 saturated heterocycles. The smallest absolute Gasteiger partial charge is 0.406 e. The van der Waals surface area contributed by atoms with Gasteiger partial charge in [-0.15, -0.1) is 13.2 Å². The van der Waals surface area contributed by atoms with Gasteiger partial charge in [-0.05, 0) is 49.7 Å². The number of aryl methyl sites for hydroxylation is 1. The minimum Gasteiger partial charge on any atom is -0.406 e. The Kier molecular flexibility index (Phi) is 6.97. The zero-order chi connectivity index (χ0) is 23.3. The van der Waals surface area contributed by atoms with Gasteiger partial charge in [0.2, 0.25) is 0 Å². The molecule has 0 bridgehead atoms. The van der Waals surface area contributed by atoms with Gasteiger partial charge in [-0.1, -0.05) is 13.0 Å². The van der Waals surface area contributed by atoms with E-state index in [0.717, 1.165) is 47.7 Å². The third kappa shape index (κ3) is 5.96. The van der Waals surface area contributed by atoms with Gasteiger partial charge in [0.05, 0.1) is 5.56 Å². The molecule has 32 heavy (non-hydrogen) atoms. The molecule has 1 amide bonds. The molecule has 0 radical (unpaired) electrons. The van der Waals surface area contributed by atoms with Gasteiger partial charge in [-0.2, -0.15) is 0 Å². The highest BCUT2D eigenvalue weighted by Gasteiger charge is 2.31. The fourth-order valence-electron chi connectivity index (χ4n) is 3.11. The highest BCUT2D eigenvalue weighted by atomic mass is 19.4. The molecule has 6 nitrogen and oxygen atoms in total. The lowest BCUT2D eigenvalue weighted by Gasteiger charge is -2.21. The average Bonchev–Trinajstić information content (AvgIpc) is 2.74. The number of alkyl halides is 3. The number of pyridine rings is 2. The molecule has 1 N–H and O–H groups in total. The molecule has 168 valence electrons. The van der Waals surface area contributed by atoms with E-state index in [1.165, 1.54) is 18.3 Å². The van der Waals surface area contributed by atoms with Crippen molar-refractivity contribution >= 4 is 17.4 Å². The molecule has 0 saturated carbocycles. The lowest BCUT2D eigenvalue weighted by molar-refractivity contribution is -0.274. The van der Waals surface area contributed by atoms with E-state index in [0.29, 0.717) is 11.3 Å². The van der Waals surface area contributed by atoms with E-state index in [2.05, 4.69) is 26.9 Å². The van der Waals surface area contributed by atoms with Crippen molar-refractivity contribution in [3.63, 3.8) is 0 Å². The van der Waals surface area contributed by atoms with Crippen LogP contribution in [0.15, 0.2) is 54.9 Å². The van der Waals surface area contributed by atoms with Crippen LogP contribution in [0.4, 0.5) is 24.7 Å². The normalized spacial score (nSPS) is 11.2. The maximum atomic E-state index is 12.8. The van der Waals surface area contributed by atoms with Crippen molar-refractivity contribution in [3.8, 4) is 16.9 Å². The largest absolute Gasteiger partial charge is 0.573 e. The molecule has 3 rings (SSSR count). The number of aromatic nitrogens is 2. The first-order valence-electron chi connectivity index (χ1n) is 9.97. The molecule has 1 aromatic carbocycles. The van der Waals surface area contributed by atoms with E-state index in [4.69, 9.17) is 0 Å². The summed E-state index contributed by atoms with van der Waals surface area (Å²) in [6.45, 7) is 4.74. The van der Waals surface area contributed by atoms with Crippen molar-refractivity contribution in [1.29, 1.82) is 0 Å². The maximum Gasteiger partial charge on any atom is 0.573 e. The Bertz CT molecular complexity index is 1070. The van der Waals surface area contributed by atoms with Gasteiger partial charge < -0.3 is 15.0 Å². The zero-order valence-electron chi connectivity index (χ0n) is 17.9. The van der Waals surface area contributed by atoms with E-state index in [1.54, 1.807) is 12.3 Å². The maximum absolute atomic E-state index is 12.8. The summed E-state index contributed by atoms with van der Waals surface area (Å²) in [5.41, 5.74) is 3.09. The highest BCUT2D eigenvalue weighted by Crippen LogP contribution is 2.30. The van der Waals surface area contributed by atoms with Gasteiger partial charge in [0, 0.05) is 48.5 Å². The van der Waals surface area contributed by atoms with Gasteiger partial charge >= 0.3 is 6.36 Å². The number of hydrogen-bond donors (Lipinski definition) is 1. The molecule has 2 aromatic heterocycles. The van der Waals surface area contributed by atoms with Crippen LogP contribution in [-0.4, -0.2) is 35.8 Å². The Morgan fingerprint density at radius 1 is 1.09 bits per heavy atom. The Labute approximate surface area is 184 Å². The van der Waals surface area contributed by atoms with Crippen molar-refractivity contribution in [3.05, 3.63) is 66.1 Å². The van der Waals surface area contributed by atoms with E-state index in [-0.39, 0.29) is 5.75 Å². The number of ether oxygens (including phenoxy) is 1. The first-order valence-corrected chi connectivity index (χ1v) is 9.97. The number of rotatable bonds is 7. The van der Waals surface area contributed by atoms with Crippen LogP contribution in [0.25, 0.3) is 11.1 Å². The molecule has 0 unspecified atom stereocenters. The second kappa shape index (κ2) is 9.67. The van der Waals surface area contributed by atoms with Crippen LogP contribution >= 0.6 is 0 Å². The third-order valence-corrected chi connectivity index (χ3v) is 4.62. The Hall–Kier alpha value is -3.62. The predicted octanol–water partition coefficient (Wildman–Crippen LogP) is 5.45. The number of benzene rings is 1. The van der Waals surface area contributed by atoms with Gasteiger partial charge in [-0.25, -0.2) is 4.98 Å². The van der Waals surface area contributed by atoms with Crippen LogP contribution in [0.3, 0.4) is 0 Å². The standard InChI is InChI=1S/C23H23F3N4O2/c1-4-11-30(3)21-20(16-6-5-15(2)27-13-16)12-17(14-28-21)22(31)29-18-7-9-19(10-8-18)32-23(24,25)26/h5-10,12-14H,4,11H2,1-3H3,(H,29,31). The summed E-state index contributed by atoms with van der Waals surface area (Å²) in [5, 5.41) is 2.66. The van der Waals surface area contributed by atoms with Crippen molar-refractivity contribution < 1.29 is 22.7 Å². The number of hydrogen-bond acceptors (Lipinski definition) is 5. The van der Waals surface area contributed by atoms with Gasteiger partial charge in [0.15, 0.2) is 0 Å². The predicted molar refractivity (Wildman–Crippen MR) is 117 cm³/mol. The number of amides is 1. The molecule has 0 aliphatic heterocycles. The summed E-state index contributed by atoms with van der Waals surface area (Å²) in [5.74, 6) is -0.0784. The summed E-state index contributed by atoms with van der Waals surface area (Å²) in [7, 11) is 1.93. The second-order valence-electron chi connectivity index (χ2n) is 7.23. The minimum absolute atomic E-state index is 0.310. The molecule has 0 aliphatic carbocycles. The quantitative estimate of drug-likeness (QED) is 0.525. The van der Waals surface area contributed by atoms with Gasteiger partial charge in [0.25, 0.3) is 5.91 Å². The number of carbonyl (C=O) groups is 1. The average molecular weight is 444 g/mol. The van der Waals surface area contributed by atoms with Crippen molar-refractivity contribution in [1.82, 2.24) is 9.97 Å². The van der Waals surface area contributed by atoms with Crippen LogP contribution in [0.5, 0.6) is 5.75 Å². The number of anilines is 2. The summed E-state index contributed by atoms with van der Waals surface area (Å²) in [4.78, 5) is 23.6. The van der Waals surface area contributed by atoms with E-state index >= 15 is 0 Å². The molecular formula is C23H23F3N4O2.